The molecule has 152 valence electrons. The summed E-state index contributed by atoms with van der Waals surface area (Å²) in [5, 5.41) is 11.9. The Morgan fingerprint density at radius 1 is 1.10 bits per heavy atom. The van der Waals surface area contributed by atoms with Crippen molar-refractivity contribution in [2.24, 2.45) is 0 Å². The Balaban J connectivity index is 1.63. The van der Waals surface area contributed by atoms with Crippen molar-refractivity contribution in [1.82, 2.24) is 24.9 Å². The number of aromatic nitrogens is 4. The molecule has 0 spiro atoms. The Morgan fingerprint density at radius 3 is 2.77 bits per heavy atom. The highest BCUT2D eigenvalue weighted by Crippen LogP contribution is 2.26. The van der Waals surface area contributed by atoms with Crippen LogP contribution >= 0.6 is 0 Å². The van der Waals surface area contributed by atoms with Crippen LogP contribution in [0.5, 0.6) is 5.75 Å². The van der Waals surface area contributed by atoms with Crippen LogP contribution in [0.1, 0.15) is 19.3 Å². The number of carbonyl (C=O) groups is 1. The van der Waals surface area contributed by atoms with Crippen LogP contribution in [0.4, 0.5) is 5.95 Å². The molecule has 2 aromatic carbocycles. The van der Waals surface area contributed by atoms with E-state index < -0.39 is 0 Å². The smallest absolute Gasteiger partial charge is 0.242 e. The molecule has 8 heteroatoms. The fraction of sp³-hybridized carbons (Fsp3) is 0.273. The molecule has 0 aliphatic carbocycles. The van der Waals surface area contributed by atoms with Crippen LogP contribution in [0.3, 0.4) is 0 Å². The van der Waals surface area contributed by atoms with Gasteiger partial charge in [0.15, 0.2) is 11.5 Å². The Hall–Kier alpha value is -3.68. The van der Waals surface area contributed by atoms with Gasteiger partial charge in [0.2, 0.25) is 11.9 Å². The molecule has 8 nitrogen and oxygen atoms in total. The maximum atomic E-state index is 12.4. The number of carbonyl (C=O) groups excluding carboxylic acids is 1. The molecule has 0 radical (unpaired) electrons. The molecule has 1 aliphatic rings. The number of nitrogens with one attached hydrogen (secondary N) is 2. The first-order valence-electron chi connectivity index (χ1n) is 10.1. The Labute approximate surface area is 173 Å². The van der Waals surface area contributed by atoms with Gasteiger partial charge in [-0.1, -0.05) is 12.1 Å². The lowest BCUT2D eigenvalue weighted by atomic mass is 10.1. The Kier molecular flexibility index (Phi) is 4.66. The first-order valence-corrected chi connectivity index (χ1v) is 10.1. The van der Waals surface area contributed by atoms with Crippen LogP contribution in [0.2, 0.25) is 0 Å². The van der Waals surface area contributed by atoms with Gasteiger partial charge >= 0.3 is 0 Å². The average molecular weight is 402 g/mol. The van der Waals surface area contributed by atoms with Gasteiger partial charge in [-0.2, -0.15) is 4.52 Å². The van der Waals surface area contributed by atoms with Crippen molar-refractivity contribution in [2.75, 3.05) is 19.0 Å². The van der Waals surface area contributed by atoms with Crippen molar-refractivity contribution in [2.45, 2.75) is 25.3 Å². The van der Waals surface area contributed by atoms with Gasteiger partial charge in [0.05, 0.1) is 12.6 Å². The van der Waals surface area contributed by atoms with E-state index in [0.717, 1.165) is 41.5 Å². The SMILES string of the molecule is COc1ccc(-c2nc3c4ccccc4nc(NC4CCCCNC4=O)n3n2)cc1. The first kappa shape index (κ1) is 18.4. The maximum absolute atomic E-state index is 12.4. The van der Waals surface area contributed by atoms with Crippen molar-refractivity contribution in [1.29, 1.82) is 0 Å². The number of hydrogen-bond donors (Lipinski definition) is 2. The van der Waals surface area contributed by atoms with E-state index in [-0.39, 0.29) is 11.9 Å². The third-order valence-electron chi connectivity index (χ3n) is 5.37. The van der Waals surface area contributed by atoms with Gasteiger partial charge in [-0.15, -0.1) is 5.10 Å². The molecular formula is C22H22N6O2. The third kappa shape index (κ3) is 3.30. The molecule has 1 saturated heterocycles. The summed E-state index contributed by atoms with van der Waals surface area (Å²) in [6.45, 7) is 0.711. The number of amides is 1. The van der Waals surface area contributed by atoms with Gasteiger partial charge in [-0.05, 0) is 55.7 Å². The van der Waals surface area contributed by atoms with Crippen molar-refractivity contribution in [3.05, 3.63) is 48.5 Å². The monoisotopic (exact) mass is 402 g/mol. The van der Waals surface area contributed by atoms with E-state index in [0.29, 0.717) is 24.0 Å². The number of benzene rings is 2. The lowest BCUT2D eigenvalue weighted by Gasteiger charge is -2.16. The van der Waals surface area contributed by atoms with Crippen molar-refractivity contribution in [3.63, 3.8) is 0 Å². The Bertz CT molecular complexity index is 1220. The van der Waals surface area contributed by atoms with Crippen LogP contribution in [0.15, 0.2) is 48.5 Å². The zero-order valence-corrected chi connectivity index (χ0v) is 16.6. The second-order valence-corrected chi connectivity index (χ2v) is 7.34. The standard InChI is InChI=1S/C22H22N6O2/c1-30-15-11-9-14(10-12-15)19-26-20-16-6-2-3-7-17(16)24-22(28(20)27-19)25-18-8-4-5-13-23-21(18)29/h2-3,6-7,9-12,18H,4-5,8,13H2,1H3,(H,23,29)(H,24,25). The fourth-order valence-electron chi connectivity index (χ4n) is 3.74. The largest absolute Gasteiger partial charge is 0.497 e. The average Bonchev–Trinajstić information content (AvgIpc) is 3.14. The normalized spacial score (nSPS) is 17.0. The second-order valence-electron chi connectivity index (χ2n) is 7.34. The topological polar surface area (TPSA) is 93.4 Å². The summed E-state index contributed by atoms with van der Waals surface area (Å²) < 4.78 is 6.94. The molecular weight excluding hydrogens is 380 g/mol. The molecule has 1 aliphatic heterocycles. The summed E-state index contributed by atoms with van der Waals surface area (Å²) in [5.74, 6) is 1.87. The second kappa shape index (κ2) is 7.62. The zero-order chi connectivity index (χ0) is 20.5. The van der Waals surface area contributed by atoms with E-state index in [1.165, 1.54) is 0 Å². The molecule has 4 aromatic rings. The number of hydrogen-bond acceptors (Lipinski definition) is 6. The number of methoxy groups -OCH3 is 1. The predicted octanol–water partition coefficient (Wildman–Crippen LogP) is 3.03. The van der Waals surface area contributed by atoms with Crippen LogP contribution in [0, 0.1) is 0 Å². The van der Waals surface area contributed by atoms with Crippen LogP contribution in [-0.2, 0) is 4.79 Å². The Morgan fingerprint density at radius 2 is 1.93 bits per heavy atom. The van der Waals surface area contributed by atoms with Gasteiger partial charge in [0, 0.05) is 17.5 Å². The van der Waals surface area contributed by atoms with E-state index in [9.17, 15) is 4.79 Å². The quantitative estimate of drug-likeness (QED) is 0.545. The van der Waals surface area contributed by atoms with Crippen molar-refractivity contribution >= 4 is 28.4 Å². The van der Waals surface area contributed by atoms with E-state index in [2.05, 4.69) is 10.6 Å². The summed E-state index contributed by atoms with van der Waals surface area (Å²) in [5.41, 5.74) is 2.37. The van der Waals surface area contributed by atoms with E-state index in [4.69, 9.17) is 19.8 Å². The molecule has 1 fully saturated rings. The van der Waals surface area contributed by atoms with E-state index in [1.54, 1.807) is 11.6 Å². The number of para-hydroxylation sites is 1. The van der Waals surface area contributed by atoms with E-state index in [1.807, 2.05) is 48.5 Å². The fourth-order valence-corrected chi connectivity index (χ4v) is 3.74. The lowest BCUT2D eigenvalue weighted by Crippen LogP contribution is -2.38. The van der Waals surface area contributed by atoms with Gasteiger partial charge in [-0.3, -0.25) is 4.79 Å². The third-order valence-corrected chi connectivity index (χ3v) is 5.37. The summed E-state index contributed by atoms with van der Waals surface area (Å²) in [6, 6.07) is 15.1. The summed E-state index contributed by atoms with van der Waals surface area (Å²) >= 11 is 0. The molecule has 0 bridgehead atoms. The summed E-state index contributed by atoms with van der Waals surface area (Å²) in [6.07, 6.45) is 2.71. The van der Waals surface area contributed by atoms with Gasteiger partial charge in [0.25, 0.3) is 0 Å². The lowest BCUT2D eigenvalue weighted by molar-refractivity contribution is -0.121. The van der Waals surface area contributed by atoms with Crippen LogP contribution < -0.4 is 15.4 Å². The van der Waals surface area contributed by atoms with Gasteiger partial charge < -0.3 is 15.4 Å². The molecule has 2 aromatic heterocycles. The molecule has 5 rings (SSSR count). The molecule has 2 N–H and O–H groups in total. The molecule has 3 heterocycles. The summed E-state index contributed by atoms with van der Waals surface area (Å²) in [4.78, 5) is 22.0. The molecule has 1 unspecified atom stereocenters. The minimum Gasteiger partial charge on any atom is -0.497 e. The van der Waals surface area contributed by atoms with Crippen LogP contribution in [-0.4, -0.2) is 45.2 Å². The van der Waals surface area contributed by atoms with E-state index >= 15 is 0 Å². The number of nitrogens with zero attached hydrogens (tertiary/aromatic N) is 4. The number of ether oxygens (including phenoxy) is 1. The number of fused-ring (bicyclic) bond motifs is 3. The van der Waals surface area contributed by atoms with Gasteiger partial charge in [0.1, 0.15) is 11.8 Å². The maximum Gasteiger partial charge on any atom is 0.242 e. The van der Waals surface area contributed by atoms with Gasteiger partial charge in [-0.25, -0.2) is 9.97 Å². The highest BCUT2D eigenvalue weighted by molar-refractivity contribution is 5.93. The molecule has 1 atom stereocenters. The highest BCUT2D eigenvalue weighted by atomic mass is 16.5. The zero-order valence-electron chi connectivity index (χ0n) is 16.6. The number of rotatable bonds is 4. The molecule has 30 heavy (non-hydrogen) atoms. The van der Waals surface area contributed by atoms with Crippen molar-refractivity contribution in [3.8, 4) is 17.1 Å². The molecule has 0 saturated carbocycles. The number of anilines is 1. The van der Waals surface area contributed by atoms with Crippen LogP contribution in [0.25, 0.3) is 27.9 Å². The van der Waals surface area contributed by atoms with Crippen molar-refractivity contribution < 1.29 is 9.53 Å². The predicted molar refractivity (Wildman–Crippen MR) is 115 cm³/mol. The first-order chi connectivity index (χ1) is 14.7. The highest BCUT2D eigenvalue weighted by Gasteiger charge is 2.23. The minimum absolute atomic E-state index is 0.00824. The summed E-state index contributed by atoms with van der Waals surface area (Å²) in [7, 11) is 1.64. The minimum atomic E-state index is -0.349. The molecule has 1 amide bonds.